The van der Waals surface area contributed by atoms with Crippen LogP contribution in [0.25, 0.3) is 0 Å². The first-order valence-corrected chi connectivity index (χ1v) is 7.94. The Labute approximate surface area is 121 Å². The largest absolute Gasteiger partial charge is 0.457 e. The molecule has 0 saturated carbocycles. The Balaban J connectivity index is 1.69. The maximum atomic E-state index is 12.0. The van der Waals surface area contributed by atoms with Crippen molar-refractivity contribution in [2.75, 3.05) is 6.54 Å². The highest BCUT2D eigenvalue weighted by atomic mass is 32.2. The Morgan fingerprint density at radius 2 is 2.24 bits per heavy atom. The van der Waals surface area contributed by atoms with E-state index in [1.165, 1.54) is 0 Å². The van der Waals surface area contributed by atoms with Crippen LogP contribution in [-0.2, 0) is 33.4 Å². The molecule has 21 heavy (non-hydrogen) atoms. The second kappa shape index (κ2) is 4.52. The van der Waals surface area contributed by atoms with Crippen LogP contribution in [0.2, 0.25) is 0 Å². The Bertz CT molecular complexity index is 615. The van der Waals surface area contributed by atoms with Gasteiger partial charge in [-0.25, -0.2) is 0 Å². The predicted octanol–water partition coefficient (Wildman–Crippen LogP) is -1.14. The maximum absolute atomic E-state index is 12.0. The SMILES string of the molecule is C=CC(=O)NCC(=O)OC1C2CC3(C)OS(=O)(=O)C1C3O2. The van der Waals surface area contributed by atoms with Crippen molar-refractivity contribution in [3.05, 3.63) is 12.7 Å². The van der Waals surface area contributed by atoms with Crippen LogP contribution < -0.4 is 5.32 Å². The molecule has 3 aliphatic rings. The van der Waals surface area contributed by atoms with Crippen LogP contribution in [-0.4, -0.2) is 56.0 Å². The first kappa shape index (κ1) is 14.5. The summed E-state index contributed by atoms with van der Waals surface area (Å²) in [6, 6.07) is 0. The van der Waals surface area contributed by atoms with Gasteiger partial charge in [0.15, 0.2) is 5.25 Å². The average molecular weight is 317 g/mol. The molecule has 8 nitrogen and oxygen atoms in total. The molecule has 1 N–H and O–H groups in total. The number of carbonyl (C=O) groups excluding carboxylic acids is 2. The van der Waals surface area contributed by atoms with E-state index >= 15 is 0 Å². The number of amides is 1. The number of carbonyl (C=O) groups is 2. The fourth-order valence-corrected chi connectivity index (χ4v) is 5.20. The van der Waals surface area contributed by atoms with Crippen LogP contribution >= 0.6 is 0 Å². The summed E-state index contributed by atoms with van der Waals surface area (Å²) in [4.78, 5) is 22.7. The zero-order valence-electron chi connectivity index (χ0n) is 11.3. The van der Waals surface area contributed by atoms with Gasteiger partial charge in [-0.1, -0.05) is 6.58 Å². The number of rotatable bonds is 4. The molecule has 0 aromatic rings. The van der Waals surface area contributed by atoms with Crippen molar-refractivity contribution in [3.8, 4) is 0 Å². The smallest absolute Gasteiger partial charge is 0.325 e. The molecule has 5 unspecified atom stereocenters. The van der Waals surface area contributed by atoms with Gasteiger partial charge in [-0.2, -0.15) is 8.42 Å². The topological polar surface area (TPSA) is 108 Å². The molecule has 3 rings (SSSR count). The number of fused-ring (bicyclic) bond motifs is 1. The van der Waals surface area contributed by atoms with Crippen LogP contribution in [0.15, 0.2) is 12.7 Å². The van der Waals surface area contributed by atoms with Crippen molar-refractivity contribution < 1.29 is 31.7 Å². The fraction of sp³-hybridized carbons (Fsp3) is 0.667. The molecule has 1 amide bonds. The van der Waals surface area contributed by atoms with Crippen molar-refractivity contribution >= 4 is 22.0 Å². The van der Waals surface area contributed by atoms with E-state index in [0.717, 1.165) is 6.08 Å². The molecular formula is C12H15NO7S. The highest BCUT2D eigenvalue weighted by Crippen LogP contribution is 2.53. The molecule has 3 fully saturated rings. The molecule has 3 aliphatic heterocycles. The predicted molar refractivity (Wildman–Crippen MR) is 68.6 cm³/mol. The van der Waals surface area contributed by atoms with Crippen LogP contribution in [0, 0.1) is 0 Å². The van der Waals surface area contributed by atoms with Gasteiger partial charge in [0.2, 0.25) is 5.91 Å². The Morgan fingerprint density at radius 3 is 2.90 bits per heavy atom. The van der Waals surface area contributed by atoms with E-state index in [0.29, 0.717) is 6.42 Å². The van der Waals surface area contributed by atoms with Crippen molar-refractivity contribution in [3.63, 3.8) is 0 Å². The normalized spacial score (nSPS) is 41.8. The lowest BCUT2D eigenvalue weighted by Gasteiger charge is -2.26. The first-order valence-electron chi connectivity index (χ1n) is 6.46. The highest BCUT2D eigenvalue weighted by Gasteiger charge is 2.73. The van der Waals surface area contributed by atoms with E-state index < -0.39 is 51.2 Å². The summed E-state index contributed by atoms with van der Waals surface area (Å²) in [7, 11) is -3.83. The molecule has 3 saturated heterocycles. The molecule has 5 atom stereocenters. The van der Waals surface area contributed by atoms with Crippen molar-refractivity contribution in [2.24, 2.45) is 0 Å². The Kier molecular flexibility index (Phi) is 3.12. The monoisotopic (exact) mass is 317 g/mol. The third kappa shape index (κ3) is 2.16. The second-order valence-electron chi connectivity index (χ2n) is 5.53. The van der Waals surface area contributed by atoms with Crippen LogP contribution in [0.5, 0.6) is 0 Å². The van der Waals surface area contributed by atoms with Crippen molar-refractivity contribution in [1.29, 1.82) is 0 Å². The number of esters is 1. The van der Waals surface area contributed by atoms with E-state index in [9.17, 15) is 18.0 Å². The molecule has 2 bridgehead atoms. The van der Waals surface area contributed by atoms with Gasteiger partial charge in [-0.3, -0.25) is 13.8 Å². The van der Waals surface area contributed by atoms with Gasteiger partial charge in [0, 0.05) is 6.42 Å². The number of hydrogen-bond acceptors (Lipinski definition) is 7. The van der Waals surface area contributed by atoms with Gasteiger partial charge in [-0.05, 0) is 13.0 Å². The minimum Gasteiger partial charge on any atom is -0.457 e. The van der Waals surface area contributed by atoms with E-state index in [4.69, 9.17) is 13.7 Å². The minimum atomic E-state index is -3.83. The summed E-state index contributed by atoms with van der Waals surface area (Å²) in [6.07, 6.45) is -0.642. The molecule has 0 aromatic carbocycles. The highest BCUT2D eigenvalue weighted by molar-refractivity contribution is 7.87. The summed E-state index contributed by atoms with van der Waals surface area (Å²) in [6.45, 7) is 4.57. The average Bonchev–Trinajstić information content (AvgIpc) is 2.93. The quantitative estimate of drug-likeness (QED) is 0.396. The van der Waals surface area contributed by atoms with E-state index in [2.05, 4.69) is 11.9 Å². The number of hydrogen-bond donors (Lipinski definition) is 1. The molecule has 116 valence electrons. The molecule has 0 aliphatic carbocycles. The lowest BCUT2D eigenvalue weighted by atomic mass is 9.84. The zero-order chi connectivity index (χ0) is 15.4. The molecule has 0 spiro atoms. The lowest BCUT2D eigenvalue weighted by Crippen LogP contribution is -2.47. The minimum absolute atomic E-state index is 0.352. The van der Waals surface area contributed by atoms with Gasteiger partial charge >= 0.3 is 5.97 Å². The standard InChI is InChI=1S/C12H15NO7S/c1-3-7(14)13-5-8(15)19-9-6-4-12(2)11(18-6)10(9)21(16,17)20-12/h3,6,9-11H,1,4-5H2,2H3,(H,13,14). The van der Waals surface area contributed by atoms with Gasteiger partial charge in [-0.15, -0.1) is 0 Å². The molecule has 0 aromatic heterocycles. The summed E-state index contributed by atoms with van der Waals surface area (Å²) in [5.74, 6) is -1.24. The van der Waals surface area contributed by atoms with Crippen molar-refractivity contribution in [2.45, 2.75) is 42.5 Å². The van der Waals surface area contributed by atoms with Gasteiger partial charge < -0.3 is 14.8 Å². The second-order valence-corrected chi connectivity index (χ2v) is 7.23. The Morgan fingerprint density at radius 1 is 1.52 bits per heavy atom. The fourth-order valence-electron chi connectivity index (χ4n) is 3.18. The van der Waals surface area contributed by atoms with E-state index in [-0.39, 0.29) is 6.54 Å². The summed E-state index contributed by atoms with van der Waals surface area (Å²) in [5, 5.41) is 1.27. The number of ether oxygens (including phenoxy) is 2. The van der Waals surface area contributed by atoms with Crippen molar-refractivity contribution in [1.82, 2.24) is 5.32 Å². The summed E-state index contributed by atoms with van der Waals surface area (Å²) < 4.78 is 39.9. The molecular weight excluding hydrogens is 302 g/mol. The van der Waals surface area contributed by atoms with Crippen LogP contribution in [0.4, 0.5) is 0 Å². The molecule has 9 heteroatoms. The van der Waals surface area contributed by atoms with Crippen LogP contribution in [0.1, 0.15) is 13.3 Å². The third-order valence-electron chi connectivity index (χ3n) is 4.02. The van der Waals surface area contributed by atoms with Gasteiger partial charge in [0.25, 0.3) is 10.1 Å². The molecule has 0 radical (unpaired) electrons. The van der Waals surface area contributed by atoms with E-state index in [1.54, 1.807) is 6.92 Å². The zero-order valence-corrected chi connectivity index (χ0v) is 12.1. The summed E-state index contributed by atoms with van der Waals surface area (Å²) in [5.41, 5.74) is -0.867. The van der Waals surface area contributed by atoms with Gasteiger partial charge in [0.05, 0.1) is 6.10 Å². The Hall–Kier alpha value is -1.45. The summed E-state index contributed by atoms with van der Waals surface area (Å²) >= 11 is 0. The third-order valence-corrected chi connectivity index (χ3v) is 5.81. The van der Waals surface area contributed by atoms with E-state index in [1.807, 2.05) is 0 Å². The van der Waals surface area contributed by atoms with Crippen LogP contribution in [0.3, 0.4) is 0 Å². The first-order chi connectivity index (χ1) is 9.77. The molecule has 3 heterocycles. The van der Waals surface area contributed by atoms with Gasteiger partial charge in [0.1, 0.15) is 24.4 Å². The number of nitrogens with one attached hydrogen (secondary N) is 1. The lowest BCUT2D eigenvalue weighted by molar-refractivity contribution is -0.151. The maximum Gasteiger partial charge on any atom is 0.325 e.